The number of carbonyl (C=O) groups excluding carboxylic acids is 3. The lowest BCUT2D eigenvalue weighted by atomic mass is 10.1. The van der Waals surface area contributed by atoms with Crippen LogP contribution in [-0.4, -0.2) is 23.3 Å². The van der Waals surface area contributed by atoms with Gasteiger partial charge in [0.25, 0.3) is 11.8 Å². The molecule has 2 N–H and O–H groups in total. The number of hydrazone groups is 1. The third-order valence-electron chi connectivity index (χ3n) is 3.57. The summed E-state index contributed by atoms with van der Waals surface area (Å²) in [7, 11) is 0. The van der Waals surface area contributed by atoms with Crippen LogP contribution < -0.4 is 10.7 Å². The third-order valence-corrected chi connectivity index (χ3v) is 3.57. The van der Waals surface area contributed by atoms with Crippen LogP contribution in [0.5, 0.6) is 0 Å². The molecule has 2 rings (SSSR count). The molecule has 0 aliphatic heterocycles. The van der Waals surface area contributed by atoms with E-state index in [1.54, 1.807) is 55.5 Å². The highest BCUT2D eigenvalue weighted by Gasteiger charge is 2.23. The van der Waals surface area contributed by atoms with E-state index in [0.717, 1.165) is 0 Å². The molecule has 0 radical (unpaired) electrons. The van der Waals surface area contributed by atoms with Gasteiger partial charge in [0.2, 0.25) is 0 Å². The molecule has 0 bridgehead atoms. The van der Waals surface area contributed by atoms with Crippen LogP contribution in [0.2, 0.25) is 0 Å². The van der Waals surface area contributed by atoms with Crippen molar-refractivity contribution in [1.82, 2.24) is 10.7 Å². The predicted molar refractivity (Wildman–Crippen MR) is 99.6 cm³/mol. The second-order valence-electron chi connectivity index (χ2n) is 5.89. The summed E-state index contributed by atoms with van der Waals surface area (Å²) >= 11 is 0. The molecular formula is C20H21N3O3. The fourth-order valence-electron chi connectivity index (χ4n) is 2.36. The first-order valence-electron chi connectivity index (χ1n) is 8.20. The molecule has 6 heteroatoms. The molecule has 2 amide bonds. The smallest absolute Gasteiger partial charge is 0.267 e. The number of ketones is 1. The molecule has 0 heterocycles. The van der Waals surface area contributed by atoms with Crippen molar-refractivity contribution in [2.45, 2.75) is 26.3 Å². The van der Waals surface area contributed by atoms with Gasteiger partial charge < -0.3 is 5.32 Å². The van der Waals surface area contributed by atoms with Crippen molar-refractivity contribution in [2.75, 3.05) is 0 Å². The maximum atomic E-state index is 12.6. The highest BCUT2D eigenvalue weighted by Crippen LogP contribution is 2.14. The summed E-state index contributed by atoms with van der Waals surface area (Å²) in [6.45, 7) is 3.11. The first-order chi connectivity index (χ1) is 12.5. The molecule has 0 fully saturated rings. The lowest BCUT2D eigenvalue weighted by Gasteiger charge is -2.18. The largest absolute Gasteiger partial charge is 0.336 e. The Labute approximate surface area is 152 Å². The van der Waals surface area contributed by atoms with Gasteiger partial charge >= 0.3 is 0 Å². The van der Waals surface area contributed by atoms with Crippen LogP contribution in [0, 0.1) is 0 Å². The van der Waals surface area contributed by atoms with Crippen molar-refractivity contribution in [2.24, 2.45) is 5.10 Å². The topological polar surface area (TPSA) is 87.6 Å². The van der Waals surface area contributed by atoms with E-state index in [2.05, 4.69) is 15.8 Å². The normalized spacial score (nSPS) is 12.2. The van der Waals surface area contributed by atoms with Crippen molar-refractivity contribution in [3.8, 4) is 0 Å². The van der Waals surface area contributed by atoms with Crippen LogP contribution in [0.4, 0.5) is 0 Å². The highest BCUT2D eigenvalue weighted by molar-refractivity contribution is 6.01. The summed E-state index contributed by atoms with van der Waals surface area (Å²) in [5, 5.41) is 6.66. The van der Waals surface area contributed by atoms with E-state index in [1.807, 2.05) is 12.1 Å². The lowest BCUT2D eigenvalue weighted by molar-refractivity contribution is -0.123. The van der Waals surface area contributed by atoms with Gasteiger partial charge in [-0.1, -0.05) is 48.5 Å². The monoisotopic (exact) mass is 351 g/mol. The molecular weight excluding hydrogens is 330 g/mol. The van der Waals surface area contributed by atoms with Crippen LogP contribution in [0.25, 0.3) is 0 Å². The summed E-state index contributed by atoms with van der Waals surface area (Å²) in [6, 6.07) is 16.7. The molecule has 0 aliphatic rings. The van der Waals surface area contributed by atoms with E-state index < -0.39 is 11.9 Å². The van der Waals surface area contributed by atoms with Gasteiger partial charge in [0.05, 0.1) is 0 Å². The SMILES string of the molecule is CC(=O)CC(C)=NNC(=O)C(NC(=O)c1ccccc1)c1ccccc1. The molecule has 6 nitrogen and oxygen atoms in total. The van der Waals surface area contributed by atoms with Crippen LogP contribution in [-0.2, 0) is 9.59 Å². The van der Waals surface area contributed by atoms with Crippen molar-refractivity contribution < 1.29 is 14.4 Å². The molecule has 0 saturated heterocycles. The van der Waals surface area contributed by atoms with Gasteiger partial charge in [-0.25, -0.2) is 5.43 Å². The Bertz CT molecular complexity index is 802. The summed E-state index contributed by atoms with van der Waals surface area (Å²) in [6.07, 6.45) is 0.159. The minimum atomic E-state index is -0.905. The fourth-order valence-corrected chi connectivity index (χ4v) is 2.36. The number of Topliss-reactive ketones (excluding diaryl/α,β-unsaturated/α-hetero) is 1. The number of hydrogen-bond donors (Lipinski definition) is 2. The molecule has 0 aromatic heterocycles. The summed E-state index contributed by atoms with van der Waals surface area (Å²) in [5.41, 5.74) is 4.01. The van der Waals surface area contributed by atoms with E-state index in [1.165, 1.54) is 6.92 Å². The van der Waals surface area contributed by atoms with Crippen LogP contribution >= 0.6 is 0 Å². The average molecular weight is 351 g/mol. The predicted octanol–water partition coefficient (Wildman–Crippen LogP) is 2.63. The van der Waals surface area contributed by atoms with Crippen molar-refractivity contribution in [3.63, 3.8) is 0 Å². The zero-order valence-electron chi connectivity index (χ0n) is 14.7. The average Bonchev–Trinajstić information content (AvgIpc) is 2.65. The summed E-state index contributed by atoms with van der Waals surface area (Å²) in [4.78, 5) is 36.1. The first-order valence-corrected chi connectivity index (χ1v) is 8.20. The maximum absolute atomic E-state index is 12.6. The summed E-state index contributed by atoms with van der Waals surface area (Å²) < 4.78 is 0. The molecule has 134 valence electrons. The van der Waals surface area contributed by atoms with Crippen molar-refractivity contribution in [1.29, 1.82) is 0 Å². The van der Waals surface area contributed by atoms with Gasteiger partial charge in [-0.15, -0.1) is 0 Å². The number of carbonyl (C=O) groups is 3. The van der Waals surface area contributed by atoms with Gasteiger partial charge in [0.1, 0.15) is 11.8 Å². The molecule has 2 aromatic carbocycles. The Morgan fingerprint density at radius 2 is 1.50 bits per heavy atom. The quantitative estimate of drug-likeness (QED) is 0.594. The van der Waals surface area contributed by atoms with Gasteiger partial charge in [-0.05, 0) is 31.5 Å². The third kappa shape index (κ3) is 5.66. The van der Waals surface area contributed by atoms with Crippen LogP contribution in [0.1, 0.15) is 42.2 Å². The highest BCUT2D eigenvalue weighted by atomic mass is 16.2. The van der Waals surface area contributed by atoms with E-state index in [0.29, 0.717) is 16.8 Å². The van der Waals surface area contributed by atoms with Crippen LogP contribution in [0.15, 0.2) is 65.8 Å². The molecule has 26 heavy (non-hydrogen) atoms. The van der Waals surface area contributed by atoms with Gasteiger partial charge in [0.15, 0.2) is 0 Å². The number of benzene rings is 2. The molecule has 1 unspecified atom stereocenters. The van der Waals surface area contributed by atoms with Crippen LogP contribution in [0.3, 0.4) is 0 Å². The number of rotatable bonds is 7. The second kappa shape index (κ2) is 9.27. The molecule has 1 atom stereocenters. The van der Waals surface area contributed by atoms with Crippen molar-refractivity contribution >= 4 is 23.3 Å². The molecule has 2 aromatic rings. The Hall–Kier alpha value is -3.28. The maximum Gasteiger partial charge on any atom is 0.267 e. The van der Waals surface area contributed by atoms with Gasteiger partial charge in [-0.2, -0.15) is 5.10 Å². The second-order valence-corrected chi connectivity index (χ2v) is 5.89. The Kier molecular flexibility index (Phi) is 6.79. The zero-order chi connectivity index (χ0) is 18.9. The molecule has 0 spiro atoms. The number of nitrogens with one attached hydrogen (secondary N) is 2. The summed E-state index contributed by atoms with van der Waals surface area (Å²) in [5.74, 6) is -0.889. The number of hydrogen-bond acceptors (Lipinski definition) is 4. The minimum Gasteiger partial charge on any atom is -0.336 e. The van der Waals surface area contributed by atoms with E-state index >= 15 is 0 Å². The van der Waals surface area contributed by atoms with Gasteiger partial charge in [-0.3, -0.25) is 14.4 Å². The molecule has 0 aliphatic carbocycles. The van der Waals surface area contributed by atoms with Crippen molar-refractivity contribution in [3.05, 3.63) is 71.8 Å². The Morgan fingerprint density at radius 3 is 2.08 bits per heavy atom. The van der Waals surface area contributed by atoms with E-state index in [4.69, 9.17) is 0 Å². The lowest BCUT2D eigenvalue weighted by Crippen LogP contribution is -2.39. The number of amides is 2. The number of nitrogens with zero attached hydrogens (tertiary/aromatic N) is 1. The van der Waals surface area contributed by atoms with E-state index in [9.17, 15) is 14.4 Å². The van der Waals surface area contributed by atoms with Gasteiger partial charge in [0, 0.05) is 17.7 Å². The Balaban J connectivity index is 2.18. The molecule has 0 saturated carbocycles. The standard InChI is InChI=1S/C20H21N3O3/c1-14(13-15(2)24)22-23-20(26)18(16-9-5-3-6-10-16)21-19(25)17-11-7-4-8-12-17/h3-12,18H,13H2,1-2H3,(H,21,25)(H,23,26). The van der Waals surface area contributed by atoms with E-state index in [-0.39, 0.29) is 18.1 Å². The first kappa shape index (κ1) is 19.1. The fraction of sp³-hybridized carbons (Fsp3) is 0.200. The minimum absolute atomic E-state index is 0.0440. The zero-order valence-corrected chi connectivity index (χ0v) is 14.7. The Morgan fingerprint density at radius 1 is 0.923 bits per heavy atom.